The largest absolute Gasteiger partial charge is 0.357 e. The van der Waals surface area contributed by atoms with Gasteiger partial charge >= 0.3 is 0 Å². The van der Waals surface area contributed by atoms with Gasteiger partial charge in [-0.25, -0.2) is 0 Å². The number of nitrogens with zero attached hydrogens (tertiary/aromatic N) is 4. The molecule has 7 heteroatoms. The fraction of sp³-hybridized carbons (Fsp3) is 0.565. The average Bonchev–Trinajstić information content (AvgIpc) is 3.25. The average molecular weight is 524 g/mol. The van der Waals surface area contributed by atoms with Crippen LogP contribution in [0.4, 0.5) is 0 Å². The first kappa shape index (κ1) is 24.7. The van der Waals surface area contributed by atoms with E-state index in [1.165, 1.54) is 37.1 Å². The molecule has 1 aliphatic rings. The van der Waals surface area contributed by atoms with Crippen molar-refractivity contribution in [2.75, 3.05) is 32.7 Å². The number of aromatic nitrogens is 2. The summed E-state index contributed by atoms with van der Waals surface area (Å²) in [6.07, 6.45) is 7.32. The van der Waals surface area contributed by atoms with Crippen LogP contribution in [0.3, 0.4) is 0 Å². The maximum Gasteiger partial charge on any atom is 0.191 e. The molecule has 0 atom stereocenters. The van der Waals surface area contributed by atoms with Crippen LogP contribution >= 0.6 is 24.0 Å². The highest BCUT2D eigenvalue weighted by atomic mass is 127. The van der Waals surface area contributed by atoms with Crippen molar-refractivity contribution >= 4 is 29.9 Å². The van der Waals surface area contributed by atoms with Gasteiger partial charge in [0, 0.05) is 45.1 Å². The highest BCUT2D eigenvalue weighted by molar-refractivity contribution is 14.0. The fourth-order valence-corrected chi connectivity index (χ4v) is 3.72. The van der Waals surface area contributed by atoms with Crippen LogP contribution in [0.5, 0.6) is 0 Å². The summed E-state index contributed by atoms with van der Waals surface area (Å²) >= 11 is 0. The number of halogens is 1. The second-order valence-corrected chi connectivity index (χ2v) is 7.97. The molecular weight excluding hydrogens is 487 g/mol. The lowest BCUT2D eigenvalue weighted by atomic mass is 9.96. The van der Waals surface area contributed by atoms with Gasteiger partial charge in [0.1, 0.15) is 0 Å². The van der Waals surface area contributed by atoms with E-state index in [0.717, 1.165) is 45.1 Å². The molecular formula is C23H37IN6. The first-order valence-corrected chi connectivity index (χ1v) is 11.0. The number of rotatable bonds is 9. The summed E-state index contributed by atoms with van der Waals surface area (Å²) in [6.45, 7) is 11.3. The topological polar surface area (TPSA) is 57.5 Å². The van der Waals surface area contributed by atoms with Gasteiger partial charge in [0.25, 0.3) is 0 Å². The minimum absolute atomic E-state index is 0. The Kier molecular flexibility index (Phi) is 11.2. The monoisotopic (exact) mass is 524 g/mol. The number of aliphatic imine (C=N–C) groups is 1. The minimum atomic E-state index is 0. The van der Waals surface area contributed by atoms with Gasteiger partial charge in [-0.3, -0.25) is 14.6 Å². The zero-order valence-corrected chi connectivity index (χ0v) is 20.7. The standard InChI is InChI=1S/C23H36N6.HI/c1-3-24-23(25-12-4-14-29-15-5-13-27-29)26-18-21-10-16-28(17-11-21)19-22-8-6-20(2)7-9-22;/h5-9,13,15,21H,3-4,10-12,14,16-19H2,1-2H3,(H2,24,25,26);1H. The summed E-state index contributed by atoms with van der Waals surface area (Å²) in [7, 11) is 0. The summed E-state index contributed by atoms with van der Waals surface area (Å²) in [5, 5.41) is 11.1. The number of benzene rings is 1. The van der Waals surface area contributed by atoms with E-state index in [1.54, 1.807) is 0 Å². The van der Waals surface area contributed by atoms with E-state index in [0.29, 0.717) is 5.92 Å². The molecule has 0 radical (unpaired) electrons. The molecule has 0 amide bonds. The first-order chi connectivity index (χ1) is 14.2. The van der Waals surface area contributed by atoms with Gasteiger partial charge in [0.15, 0.2) is 5.96 Å². The van der Waals surface area contributed by atoms with Crippen molar-refractivity contribution in [1.82, 2.24) is 25.3 Å². The van der Waals surface area contributed by atoms with Crippen LogP contribution in [-0.4, -0.2) is 53.4 Å². The summed E-state index contributed by atoms with van der Waals surface area (Å²) < 4.78 is 1.97. The molecule has 2 heterocycles. The zero-order valence-electron chi connectivity index (χ0n) is 18.4. The molecule has 1 aliphatic heterocycles. The molecule has 2 aromatic rings. The Hall–Kier alpha value is -1.61. The molecule has 2 N–H and O–H groups in total. The van der Waals surface area contributed by atoms with Crippen LogP contribution in [0.1, 0.15) is 37.3 Å². The van der Waals surface area contributed by atoms with Gasteiger partial charge in [0.2, 0.25) is 0 Å². The second-order valence-electron chi connectivity index (χ2n) is 7.97. The van der Waals surface area contributed by atoms with Gasteiger partial charge in [-0.05, 0) is 63.7 Å². The molecule has 0 saturated carbocycles. The van der Waals surface area contributed by atoms with E-state index in [1.807, 2.05) is 23.1 Å². The second kappa shape index (κ2) is 13.6. The minimum Gasteiger partial charge on any atom is -0.357 e. The predicted molar refractivity (Wildman–Crippen MR) is 135 cm³/mol. The number of nitrogens with one attached hydrogen (secondary N) is 2. The first-order valence-electron chi connectivity index (χ1n) is 11.0. The highest BCUT2D eigenvalue weighted by Gasteiger charge is 2.19. The number of guanidine groups is 1. The summed E-state index contributed by atoms with van der Waals surface area (Å²) in [4.78, 5) is 7.42. The van der Waals surface area contributed by atoms with Crippen molar-refractivity contribution in [3.05, 3.63) is 53.9 Å². The van der Waals surface area contributed by atoms with Gasteiger partial charge in [-0.15, -0.1) is 24.0 Å². The number of aryl methyl sites for hydroxylation is 2. The number of piperidine rings is 1. The van der Waals surface area contributed by atoms with Crippen LogP contribution in [0.25, 0.3) is 0 Å². The van der Waals surface area contributed by atoms with Gasteiger partial charge < -0.3 is 10.6 Å². The molecule has 0 unspecified atom stereocenters. The molecule has 0 bridgehead atoms. The van der Waals surface area contributed by atoms with Crippen molar-refractivity contribution in [1.29, 1.82) is 0 Å². The van der Waals surface area contributed by atoms with Crippen molar-refractivity contribution < 1.29 is 0 Å². The fourth-order valence-electron chi connectivity index (χ4n) is 3.72. The Morgan fingerprint density at radius 2 is 1.93 bits per heavy atom. The quantitative estimate of drug-likeness (QED) is 0.228. The molecule has 0 spiro atoms. The Morgan fingerprint density at radius 3 is 2.60 bits per heavy atom. The van der Waals surface area contributed by atoms with E-state index in [9.17, 15) is 0 Å². The normalized spacial score (nSPS) is 15.6. The Balaban J connectivity index is 0.00000320. The van der Waals surface area contributed by atoms with Gasteiger partial charge in [0.05, 0.1) is 0 Å². The predicted octanol–water partition coefficient (Wildman–Crippen LogP) is 3.67. The molecule has 1 fully saturated rings. The lowest BCUT2D eigenvalue weighted by Crippen LogP contribution is -2.39. The third kappa shape index (κ3) is 8.63. The summed E-state index contributed by atoms with van der Waals surface area (Å²) in [6, 6.07) is 10.9. The maximum absolute atomic E-state index is 4.84. The Bertz CT molecular complexity index is 721. The van der Waals surface area contributed by atoms with E-state index in [4.69, 9.17) is 4.99 Å². The summed E-state index contributed by atoms with van der Waals surface area (Å²) in [5.74, 6) is 1.62. The van der Waals surface area contributed by atoms with Crippen LogP contribution in [0, 0.1) is 12.8 Å². The summed E-state index contributed by atoms with van der Waals surface area (Å²) in [5.41, 5.74) is 2.75. The molecule has 1 aromatic carbocycles. The molecule has 3 rings (SSSR count). The van der Waals surface area contributed by atoms with Gasteiger partial charge in [-0.1, -0.05) is 29.8 Å². The van der Waals surface area contributed by atoms with E-state index >= 15 is 0 Å². The number of hydrogen-bond acceptors (Lipinski definition) is 3. The molecule has 1 saturated heterocycles. The van der Waals surface area contributed by atoms with Crippen molar-refractivity contribution in [2.45, 2.75) is 46.2 Å². The lowest BCUT2D eigenvalue weighted by Gasteiger charge is -2.31. The third-order valence-corrected chi connectivity index (χ3v) is 5.50. The smallest absolute Gasteiger partial charge is 0.191 e. The maximum atomic E-state index is 4.84. The van der Waals surface area contributed by atoms with Gasteiger partial charge in [-0.2, -0.15) is 5.10 Å². The molecule has 0 aliphatic carbocycles. The van der Waals surface area contributed by atoms with E-state index < -0.39 is 0 Å². The SMILES string of the molecule is CCNC(=NCC1CCN(Cc2ccc(C)cc2)CC1)NCCCn1cccn1.I. The third-order valence-electron chi connectivity index (χ3n) is 5.50. The van der Waals surface area contributed by atoms with Crippen molar-refractivity contribution in [2.24, 2.45) is 10.9 Å². The van der Waals surface area contributed by atoms with Crippen LogP contribution < -0.4 is 10.6 Å². The molecule has 1 aromatic heterocycles. The van der Waals surface area contributed by atoms with E-state index in [2.05, 4.69) is 58.7 Å². The highest BCUT2D eigenvalue weighted by Crippen LogP contribution is 2.19. The molecule has 166 valence electrons. The van der Waals surface area contributed by atoms with Crippen molar-refractivity contribution in [3.63, 3.8) is 0 Å². The number of hydrogen-bond donors (Lipinski definition) is 2. The molecule has 6 nitrogen and oxygen atoms in total. The van der Waals surface area contributed by atoms with Crippen molar-refractivity contribution in [3.8, 4) is 0 Å². The van der Waals surface area contributed by atoms with Crippen LogP contribution in [0.15, 0.2) is 47.7 Å². The Labute approximate surface area is 198 Å². The Morgan fingerprint density at radius 1 is 1.17 bits per heavy atom. The van der Waals surface area contributed by atoms with Crippen LogP contribution in [-0.2, 0) is 13.1 Å². The number of likely N-dealkylation sites (tertiary alicyclic amines) is 1. The lowest BCUT2D eigenvalue weighted by molar-refractivity contribution is 0.180. The van der Waals surface area contributed by atoms with Crippen LogP contribution in [0.2, 0.25) is 0 Å². The zero-order chi connectivity index (χ0) is 20.3. The molecule has 30 heavy (non-hydrogen) atoms. The van der Waals surface area contributed by atoms with E-state index in [-0.39, 0.29) is 24.0 Å².